The number of anilines is 1. The Labute approximate surface area is 117 Å². The number of hydrogen-bond donors (Lipinski definition) is 1. The summed E-state index contributed by atoms with van der Waals surface area (Å²) in [4.78, 5) is 0. The molecule has 2 aromatic rings. The van der Waals surface area contributed by atoms with Crippen LogP contribution in [-0.4, -0.2) is 12.8 Å². The first-order valence-corrected chi connectivity index (χ1v) is 6.61. The normalized spacial score (nSPS) is 14.1. The summed E-state index contributed by atoms with van der Waals surface area (Å²) in [7, 11) is 0. The largest absolute Gasteiger partial charge is 0.454 e. The van der Waals surface area contributed by atoms with Crippen molar-refractivity contribution in [3.8, 4) is 11.5 Å². The lowest BCUT2D eigenvalue weighted by molar-refractivity contribution is 0.174. The average molecular weight is 273 g/mol. The fourth-order valence-corrected chi connectivity index (χ4v) is 2.34. The Kier molecular flexibility index (Phi) is 3.46. The molecule has 3 nitrogen and oxygen atoms in total. The Morgan fingerprint density at radius 3 is 2.85 bits per heavy atom. The highest BCUT2D eigenvalue weighted by Crippen LogP contribution is 2.34. The van der Waals surface area contributed by atoms with E-state index in [1.54, 1.807) is 12.1 Å². The molecule has 0 amide bonds. The van der Waals surface area contributed by atoms with E-state index in [1.165, 1.54) is 6.07 Å². The third kappa shape index (κ3) is 2.85. The van der Waals surface area contributed by atoms with Crippen LogP contribution in [0.15, 0.2) is 42.5 Å². The summed E-state index contributed by atoms with van der Waals surface area (Å²) in [6.45, 7) is 2.34. The first kappa shape index (κ1) is 12.8. The minimum Gasteiger partial charge on any atom is -0.454 e. The number of fused-ring (bicyclic) bond motifs is 1. The molecule has 1 heterocycles. The van der Waals surface area contributed by atoms with Crippen LogP contribution in [0.3, 0.4) is 0 Å². The van der Waals surface area contributed by atoms with Crippen molar-refractivity contribution in [3.05, 3.63) is 53.8 Å². The summed E-state index contributed by atoms with van der Waals surface area (Å²) in [6.07, 6.45) is 0.756. The molecule has 0 spiro atoms. The third-order valence-corrected chi connectivity index (χ3v) is 3.22. The van der Waals surface area contributed by atoms with Gasteiger partial charge in [0.2, 0.25) is 6.79 Å². The molecule has 0 aliphatic carbocycles. The van der Waals surface area contributed by atoms with Crippen LogP contribution in [0, 0.1) is 5.82 Å². The molecule has 4 heteroatoms. The standard InChI is InChI=1S/C16H16FNO2/c1-11(7-12-3-2-4-13(17)8-12)18-14-5-6-15-16(9-14)20-10-19-15/h2-6,8-9,11,18H,7,10H2,1H3. The lowest BCUT2D eigenvalue weighted by atomic mass is 10.1. The first-order valence-electron chi connectivity index (χ1n) is 6.61. The van der Waals surface area contributed by atoms with Gasteiger partial charge in [-0.3, -0.25) is 0 Å². The molecule has 0 bridgehead atoms. The molecule has 104 valence electrons. The van der Waals surface area contributed by atoms with Crippen molar-refractivity contribution in [2.75, 3.05) is 12.1 Å². The number of halogens is 1. The van der Waals surface area contributed by atoms with Crippen LogP contribution in [0.1, 0.15) is 12.5 Å². The Hall–Kier alpha value is -2.23. The van der Waals surface area contributed by atoms with Gasteiger partial charge in [0, 0.05) is 17.8 Å². The number of hydrogen-bond acceptors (Lipinski definition) is 3. The molecule has 20 heavy (non-hydrogen) atoms. The Balaban J connectivity index is 1.65. The van der Waals surface area contributed by atoms with Gasteiger partial charge in [0.1, 0.15) is 5.82 Å². The van der Waals surface area contributed by atoms with Crippen LogP contribution < -0.4 is 14.8 Å². The highest BCUT2D eigenvalue weighted by atomic mass is 19.1. The van der Waals surface area contributed by atoms with E-state index in [1.807, 2.05) is 24.3 Å². The van der Waals surface area contributed by atoms with Gasteiger partial charge in [-0.2, -0.15) is 0 Å². The topological polar surface area (TPSA) is 30.5 Å². The molecule has 1 aliphatic rings. The Morgan fingerprint density at radius 2 is 2.00 bits per heavy atom. The van der Waals surface area contributed by atoms with Crippen molar-refractivity contribution < 1.29 is 13.9 Å². The second-order valence-corrected chi connectivity index (χ2v) is 4.95. The lowest BCUT2D eigenvalue weighted by Gasteiger charge is -2.15. The maximum atomic E-state index is 13.1. The van der Waals surface area contributed by atoms with Crippen molar-refractivity contribution in [1.29, 1.82) is 0 Å². The second kappa shape index (κ2) is 5.41. The fourth-order valence-electron chi connectivity index (χ4n) is 2.34. The number of rotatable bonds is 4. The van der Waals surface area contributed by atoms with Crippen LogP contribution >= 0.6 is 0 Å². The zero-order valence-electron chi connectivity index (χ0n) is 11.2. The second-order valence-electron chi connectivity index (χ2n) is 4.95. The van der Waals surface area contributed by atoms with E-state index in [-0.39, 0.29) is 18.7 Å². The SMILES string of the molecule is CC(Cc1cccc(F)c1)Nc1ccc2c(c1)OCO2. The van der Waals surface area contributed by atoms with E-state index in [4.69, 9.17) is 9.47 Å². The summed E-state index contributed by atoms with van der Waals surface area (Å²) in [5.41, 5.74) is 1.95. The number of nitrogens with one attached hydrogen (secondary N) is 1. The maximum absolute atomic E-state index is 13.1. The summed E-state index contributed by atoms with van der Waals surface area (Å²) in [5.74, 6) is 1.33. The van der Waals surface area contributed by atoms with Gasteiger partial charge in [-0.1, -0.05) is 12.1 Å². The van der Waals surface area contributed by atoms with Crippen molar-refractivity contribution in [2.24, 2.45) is 0 Å². The molecule has 2 aromatic carbocycles. The van der Waals surface area contributed by atoms with Crippen molar-refractivity contribution in [2.45, 2.75) is 19.4 Å². The van der Waals surface area contributed by atoms with E-state index in [9.17, 15) is 4.39 Å². The Bertz CT molecular complexity index is 615. The summed E-state index contributed by atoms with van der Waals surface area (Å²) >= 11 is 0. The fraction of sp³-hybridized carbons (Fsp3) is 0.250. The van der Waals surface area contributed by atoms with Crippen molar-refractivity contribution in [3.63, 3.8) is 0 Å². The predicted molar refractivity (Wildman–Crippen MR) is 75.8 cm³/mol. The van der Waals surface area contributed by atoms with E-state index in [2.05, 4.69) is 12.2 Å². The van der Waals surface area contributed by atoms with Gasteiger partial charge in [0.05, 0.1) is 0 Å². The zero-order valence-corrected chi connectivity index (χ0v) is 11.2. The molecule has 0 saturated heterocycles. The van der Waals surface area contributed by atoms with Gasteiger partial charge in [-0.05, 0) is 43.2 Å². The summed E-state index contributed by atoms with van der Waals surface area (Å²) in [6, 6.07) is 12.6. The third-order valence-electron chi connectivity index (χ3n) is 3.22. The minimum absolute atomic E-state index is 0.192. The summed E-state index contributed by atoms with van der Waals surface area (Å²) in [5, 5.41) is 3.38. The summed E-state index contributed by atoms with van der Waals surface area (Å²) < 4.78 is 23.8. The smallest absolute Gasteiger partial charge is 0.231 e. The highest BCUT2D eigenvalue weighted by Gasteiger charge is 2.14. The van der Waals surface area contributed by atoms with Crippen LogP contribution in [0.4, 0.5) is 10.1 Å². The van der Waals surface area contributed by atoms with Crippen LogP contribution in [0.25, 0.3) is 0 Å². The van der Waals surface area contributed by atoms with Gasteiger partial charge in [0.25, 0.3) is 0 Å². The molecule has 1 atom stereocenters. The molecule has 0 radical (unpaired) electrons. The van der Waals surface area contributed by atoms with Crippen molar-refractivity contribution >= 4 is 5.69 Å². The number of benzene rings is 2. The molecule has 0 fully saturated rings. The quantitative estimate of drug-likeness (QED) is 0.923. The van der Waals surface area contributed by atoms with Gasteiger partial charge >= 0.3 is 0 Å². The van der Waals surface area contributed by atoms with E-state index in [0.29, 0.717) is 0 Å². The minimum atomic E-state index is -0.197. The highest BCUT2D eigenvalue weighted by molar-refractivity contribution is 5.56. The van der Waals surface area contributed by atoms with Crippen LogP contribution in [0.2, 0.25) is 0 Å². The first-order chi connectivity index (χ1) is 9.70. The molecule has 0 aromatic heterocycles. The van der Waals surface area contributed by atoms with Gasteiger partial charge in [0.15, 0.2) is 11.5 Å². The molecular formula is C16H16FNO2. The van der Waals surface area contributed by atoms with Gasteiger partial charge in [-0.15, -0.1) is 0 Å². The molecule has 1 N–H and O–H groups in total. The molecule has 0 saturated carbocycles. The average Bonchev–Trinajstić information content (AvgIpc) is 2.86. The maximum Gasteiger partial charge on any atom is 0.231 e. The van der Waals surface area contributed by atoms with Gasteiger partial charge in [-0.25, -0.2) is 4.39 Å². The van der Waals surface area contributed by atoms with Crippen LogP contribution in [-0.2, 0) is 6.42 Å². The van der Waals surface area contributed by atoms with Crippen LogP contribution in [0.5, 0.6) is 11.5 Å². The molecule has 1 unspecified atom stereocenters. The van der Waals surface area contributed by atoms with Gasteiger partial charge < -0.3 is 14.8 Å². The Morgan fingerprint density at radius 1 is 1.15 bits per heavy atom. The molecule has 1 aliphatic heterocycles. The number of ether oxygens (including phenoxy) is 2. The molecular weight excluding hydrogens is 257 g/mol. The zero-order chi connectivity index (χ0) is 13.9. The van der Waals surface area contributed by atoms with E-state index in [0.717, 1.165) is 29.2 Å². The lowest BCUT2D eigenvalue weighted by Crippen LogP contribution is -2.18. The molecule has 3 rings (SSSR count). The van der Waals surface area contributed by atoms with E-state index < -0.39 is 0 Å². The van der Waals surface area contributed by atoms with Crippen molar-refractivity contribution in [1.82, 2.24) is 0 Å². The monoisotopic (exact) mass is 273 g/mol. The van der Waals surface area contributed by atoms with E-state index >= 15 is 0 Å². The predicted octanol–water partition coefficient (Wildman–Crippen LogP) is 3.60.